The van der Waals surface area contributed by atoms with Crippen molar-refractivity contribution in [2.24, 2.45) is 0 Å². The zero-order chi connectivity index (χ0) is 9.52. The second-order valence-electron chi connectivity index (χ2n) is 3.92. The van der Waals surface area contributed by atoms with Crippen molar-refractivity contribution in [3.05, 3.63) is 0 Å². The summed E-state index contributed by atoms with van der Waals surface area (Å²) in [5, 5.41) is 3.37. The van der Waals surface area contributed by atoms with E-state index in [2.05, 4.69) is 24.1 Å². The predicted molar refractivity (Wildman–Crippen MR) is 58.0 cm³/mol. The van der Waals surface area contributed by atoms with Gasteiger partial charge < -0.3 is 10.2 Å². The first-order chi connectivity index (χ1) is 6.38. The lowest BCUT2D eigenvalue weighted by atomic mass is 10.3. The molecule has 2 heteroatoms. The van der Waals surface area contributed by atoms with Gasteiger partial charge in [0.2, 0.25) is 0 Å². The van der Waals surface area contributed by atoms with Crippen molar-refractivity contribution in [1.29, 1.82) is 0 Å². The van der Waals surface area contributed by atoms with E-state index in [0.717, 1.165) is 12.6 Å². The van der Waals surface area contributed by atoms with Crippen molar-refractivity contribution in [2.45, 2.75) is 45.6 Å². The minimum absolute atomic E-state index is 0.948. The third-order valence-electron chi connectivity index (χ3n) is 2.77. The van der Waals surface area contributed by atoms with Crippen LogP contribution in [0.5, 0.6) is 0 Å². The van der Waals surface area contributed by atoms with Crippen molar-refractivity contribution in [1.82, 2.24) is 10.2 Å². The van der Waals surface area contributed by atoms with Crippen LogP contribution in [0.4, 0.5) is 0 Å². The fourth-order valence-electron chi connectivity index (χ4n) is 1.78. The minimum Gasteiger partial charge on any atom is -0.317 e. The molecule has 0 amide bonds. The molecule has 0 unspecified atom stereocenters. The molecule has 0 bridgehead atoms. The van der Waals surface area contributed by atoms with Crippen LogP contribution >= 0.6 is 0 Å². The van der Waals surface area contributed by atoms with Gasteiger partial charge in [0, 0.05) is 6.04 Å². The molecule has 78 valence electrons. The van der Waals surface area contributed by atoms with Gasteiger partial charge in [-0.3, -0.25) is 0 Å². The summed E-state index contributed by atoms with van der Waals surface area (Å²) < 4.78 is 0. The molecule has 1 rings (SSSR count). The van der Waals surface area contributed by atoms with Gasteiger partial charge >= 0.3 is 0 Å². The van der Waals surface area contributed by atoms with Crippen LogP contribution in [-0.4, -0.2) is 37.1 Å². The van der Waals surface area contributed by atoms with Crippen LogP contribution in [0.3, 0.4) is 0 Å². The average molecular weight is 184 g/mol. The minimum atomic E-state index is 0.948. The number of nitrogens with one attached hydrogen (secondary N) is 1. The first-order valence-electron chi connectivity index (χ1n) is 5.83. The summed E-state index contributed by atoms with van der Waals surface area (Å²) in [6, 6.07) is 0.948. The van der Waals surface area contributed by atoms with E-state index in [1.165, 1.54) is 45.3 Å². The van der Waals surface area contributed by atoms with E-state index in [1.54, 1.807) is 0 Å². The number of hydrogen-bond acceptors (Lipinski definition) is 2. The SMILES string of the molecule is CCNCCCCN(CC)C1CC1. The molecular formula is C11H24N2. The zero-order valence-corrected chi connectivity index (χ0v) is 9.18. The summed E-state index contributed by atoms with van der Waals surface area (Å²) in [6.45, 7) is 9.31. The molecule has 0 aromatic heterocycles. The topological polar surface area (TPSA) is 15.3 Å². The van der Waals surface area contributed by atoms with Crippen molar-refractivity contribution < 1.29 is 0 Å². The van der Waals surface area contributed by atoms with Gasteiger partial charge in [-0.15, -0.1) is 0 Å². The highest BCUT2D eigenvalue weighted by atomic mass is 15.2. The molecule has 1 aliphatic carbocycles. The Bertz CT molecular complexity index is 121. The van der Waals surface area contributed by atoms with Gasteiger partial charge in [-0.05, 0) is 51.9 Å². The molecule has 0 aromatic rings. The third kappa shape index (κ3) is 4.63. The molecule has 0 aliphatic heterocycles. The lowest BCUT2D eigenvalue weighted by Gasteiger charge is -2.19. The highest BCUT2D eigenvalue weighted by Gasteiger charge is 2.26. The Balaban J connectivity index is 1.90. The van der Waals surface area contributed by atoms with E-state index in [-0.39, 0.29) is 0 Å². The molecular weight excluding hydrogens is 160 g/mol. The van der Waals surface area contributed by atoms with Gasteiger partial charge in [0.05, 0.1) is 0 Å². The van der Waals surface area contributed by atoms with Crippen molar-refractivity contribution >= 4 is 0 Å². The van der Waals surface area contributed by atoms with Gasteiger partial charge in [-0.2, -0.15) is 0 Å². The standard InChI is InChI=1S/C11H24N2/c1-3-12-9-5-6-10-13(4-2)11-7-8-11/h11-12H,3-10H2,1-2H3. The summed E-state index contributed by atoms with van der Waals surface area (Å²) >= 11 is 0. The quantitative estimate of drug-likeness (QED) is 0.579. The van der Waals surface area contributed by atoms with Crippen LogP contribution in [0.25, 0.3) is 0 Å². The van der Waals surface area contributed by atoms with Gasteiger partial charge in [0.25, 0.3) is 0 Å². The zero-order valence-electron chi connectivity index (χ0n) is 9.18. The van der Waals surface area contributed by atoms with Gasteiger partial charge in [-0.1, -0.05) is 13.8 Å². The molecule has 0 atom stereocenters. The summed E-state index contributed by atoms with van der Waals surface area (Å²) in [5.74, 6) is 0. The molecule has 0 spiro atoms. The lowest BCUT2D eigenvalue weighted by molar-refractivity contribution is 0.271. The van der Waals surface area contributed by atoms with Gasteiger partial charge in [-0.25, -0.2) is 0 Å². The number of hydrogen-bond donors (Lipinski definition) is 1. The average Bonchev–Trinajstić information content (AvgIpc) is 2.95. The van der Waals surface area contributed by atoms with Crippen LogP contribution in [0, 0.1) is 0 Å². The summed E-state index contributed by atoms with van der Waals surface area (Å²) in [4.78, 5) is 2.63. The summed E-state index contributed by atoms with van der Waals surface area (Å²) in [6.07, 6.45) is 5.58. The van der Waals surface area contributed by atoms with Gasteiger partial charge in [0.15, 0.2) is 0 Å². The van der Waals surface area contributed by atoms with Crippen molar-refractivity contribution in [2.75, 3.05) is 26.2 Å². The fourth-order valence-corrected chi connectivity index (χ4v) is 1.78. The number of unbranched alkanes of at least 4 members (excludes halogenated alkanes) is 1. The molecule has 0 aromatic carbocycles. The molecule has 0 heterocycles. The Morgan fingerprint density at radius 1 is 1.23 bits per heavy atom. The normalized spacial score (nSPS) is 16.8. The Hall–Kier alpha value is -0.0800. The van der Waals surface area contributed by atoms with Crippen LogP contribution in [0.1, 0.15) is 39.5 Å². The van der Waals surface area contributed by atoms with Crippen molar-refractivity contribution in [3.63, 3.8) is 0 Å². The van der Waals surface area contributed by atoms with E-state index < -0.39 is 0 Å². The number of rotatable bonds is 8. The molecule has 1 aliphatic rings. The lowest BCUT2D eigenvalue weighted by Crippen LogP contribution is -2.27. The molecule has 0 radical (unpaired) electrons. The molecule has 0 saturated heterocycles. The first-order valence-corrected chi connectivity index (χ1v) is 5.83. The maximum atomic E-state index is 3.37. The molecule has 1 saturated carbocycles. The Kier molecular flexibility index (Phi) is 5.40. The highest BCUT2D eigenvalue weighted by molar-refractivity contribution is 4.83. The molecule has 13 heavy (non-hydrogen) atoms. The van der Waals surface area contributed by atoms with Crippen molar-refractivity contribution in [3.8, 4) is 0 Å². The third-order valence-corrected chi connectivity index (χ3v) is 2.77. The smallest absolute Gasteiger partial charge is 0.00963 e. The van der Waals surface area contributed by atoms with Crippen LogP contribution in [0.15, 0.2) is 0 Å². The number of nitrogens with zero attached hydrogens (tertiary/aromatic N) is 1. The highest BCUT2D eigenvalue weighted by Crippen LogP contribution is 2.26. The predicted octanol–water partition coefficient (Wildman–Crippen LogP) is 1.86. The monoisotopic (exact) mass is 184 g/mol. The van der Waals surface area contributed by atoms with E-state index in [9.17, 15) is 0 Å². The maximum absolute atomic E-state index is 3.37. The summed E-state index contributed by atoms with van der Waals surface area (Å²) in [5.41, 5.74) is 0. The second-order valence-corrected chi connectivity index (χ2v) is 3.92. The van der Waals surface area contributed by atoms with Gasteiger partial charge in [0.1, 0.15) is 0 Å². The Morgan fingerprint density at radius 2 is 2.00 bits per heavy atom. The van der Waals surface area contributed by atoms with E-state index >= 15 is 0 Å². The molecule has 1 fully saturated rings. The maximum Gasteiger partial charge on any atom is 0.00963 e. The van der Waals surface area contributed by atoms with Crippen LogP contribution in [-0.2, 0) is 0 Å². The fraction of sp³-hybridized carbons (Fsp3) is 1.00. The Labute approximate surface area is 82.7 Å². The largest absolute Gasteiger partial charge is 0.317 e. The first kappa shape index (κ1) is 11.0. The van der Waals surface area contributed by atoms with Crippen LogP contribution < -0.4 is 5.32 Å². The molecule has 1 N–H and O–H groups in total. The van der Waals surface area contributed by atoms with E-state index in [4.69, 9.17) is 0 Å². The van der Waals surface area contributed by atoms with E-state index in [0.29, 0.717) is 0 Å². The summed E-state index contributed by atoms with van der Waals surface area (Å²) in [7, 11) is 0. The van der Waals surface area contributed by atoms with Crippen LogP contribution in [0.2, 0.25) is 0 Å². The molecule has 2 nitrogen and oxygen atoms in total. The van der Waals surface area contributed by atoms with E-state index in [1.807, 2.05) is 0 Å². The second kappa shape index (κ2) is 6.39. The Morgan fingerprint density at radius 3 is 2.54 bits per heavy atom.